The van der Waals surface area contributed by atoms with Gasteiger partial charge in [-0.1, -0.05) is 0 Å². The zero-order valence-electron chi connectivity index (χ0n) is 12.5. The molecule has 0 atom stereocenters. The van der Waals surface area contributed by atoms with Crippen LogP contribution in [0.15, 0.2) is 41.7 Å². The molecule has 118 valence electrons. The Labute approximate surface area is 133 Å². The minimum atomic E-state index is -3.54. The summed E-state index contributed by atoms with van der Waals surface area (Å²) in [4.78, 5) is 8.49. The predicted molar refractivity (Wildman–Crippen MR) is 83.3 cm³/mol. The van der Waals surface area contributed by atoms with Gasteiger partial charge in [-0.15, -0.1) is 0 Å². The van der Waals surface area contributed by atoms with E-state index < -0.39 is 10.0 Å². The van der Waals surface area contributed by atoms with Gasteiger partial charge in [-0.2, -0.15) is 9.40 Å². The molecular formula is C15H15N5O2S. The van der Waals surface area contributed by atoms with Crippen LogP contribution in [0.2, 0.25) is 0 Å². The van der Waals surface area contributed by atoms with E-state index in [9.17, 15) is 8.42 Å². The lowest BCUT2D eigenvalue weighted by Crippen LogP contribution is -2.37. The Morgan fingerprint density at radius 1 is 1.26 bits per heavy atom. The Balaban J connectivity index is 1.73. The first-order valence-corrected chi connectivity index (χ1v) is 8.73. The van der Waals surface area contributed by atoms with Gasteiger partial charge in [0.05, 0.1) is 11.4 Å². The van der Waals surface area contributed by atoms with Gasteiger partial charge in [0.15, 0.2) is 5.65 Å². The number of pyridine rings is 1. The molecule has 8 heteroatoms. The van der Waals surface area contributed by atoms with E-state index >= 15 is 0 Å². The number of sulfonamides is 1. The maximum atomic E-state index is 12.7. The van der Waals surface area contributed by atoms with E-state index in [1.807, 2.05) is 17.5 Å². The van der Waals surface area contributed by atoms with Gasteiger partial charge in [-0.25, -0.2) is 17.9 Å². The highest BCUT2D eigenvalue weighted by Crippen LogP contribution is 2.24. The van der Waals surface area contributed by atoms with Crippen molar-refractivity contribution in [1.82, 2.24) is 23.9 Å². The van der Waals surface area contributed by atoms with Crippen LogP contribution in [-0.2, 0) is 23.0 Å². The molecule has 0 unspecified atom stereocenters. The van der Waals surface area contributed by atoms with Gasteiger partial charge in [-0.05, 0) is 19.1 Å². The van der Waals surface area contributed by atoms with E-state index in [0.29, 0.717) is 19.5 Å². The molecule has 0 spiro atoms. The lowest BCUT2D eigenvalue weighted by atomic mass is 10.1. The van der Waals surface area contributed by atoms with Gasteiger partial charge in [0.25, 0.3) is 0 Å². The fourth-order valence-corrected chi connectivity index (χ4v) is 4.27. The molecule has 0 aliphatic carbocycles. The normalized spacial score (nSPS) is 15.7. The molecule has 0 saturated carbocycles. The van der Waals surface area contributed by atoms with E-state index in [4.69, 9.17) is 0 Å². The quantitative estimate of drug-likeness (QED) is 0.705. The Morgan fingerprint density at radius 2 is 2.13 bits per heavy atom. The fraction of sp³-hybridized carbons (Fsp3) is 0.267. The van der Waals surface area contributed by atoms with Crippen molar-refractivity contribution in [1.29, 1.82) is 0 Å². The molecule has 1 aliphatic heterocycles. The van der Waals surface area contributed by atoms with Gasteiger partial charge >= 0.3 is 0 Å². The topological polar surface area (TPSA) is 80.5 Å². The van der Waals surface area contributed by atoms with Crippen LogP contribution in [0, 0.1) is 6.92 Å². The molecule has 0 N–H and O–H groups in total. The zero-order chi connectivity index (χ0) is 16.0. The molecule has 0 fully saturated rings. The van der Waals surface area contributed by atoms with E-state index in [1.54, 1.807) is 24.5 Å². The highest BCUT2D eigenvalue weighted by molar-refractivity contribution is 7.89. The van der Waals surface area contributed by atoms with Crippen molar-refractivity contribution < 1.29 is 8.42 Å². The number of aryl methyl sites for hydroxylation is 1. The summed E-state index contributed by atoms with van der Waals surface area (Å²) in [7, 11) is -3.54. The summed E-state index contributed by atoms with van der Waals surface area (Å²) >= 11 is 0. The summed E-state index contributed by atoms with van der Waals surface area (Å²) in [5, 5.41) is 4.45. The summed E-state index contributed by atoms with van der Waals surface area (Å²) < 4.78 is 28.7. The Hall–Kier alpha value is -2.32. The van der Waals surface area contributed by atoms with Gasteiger partial charge in [0.2, 0.25) is 10.0 Å². The second-order valence-electron chi connectivity index (χ2n) is 5.56. The number of hydrogen-bond donors (Lipinski definition) is 0. The number of hydrogen-bond acceptors (Lipinski definition) is 5. The van der Waals surface area contributed by atoms with Crippen LogP contribution in [0.5, 0.6) is 0 Å². The maximum Gasteiger partial charge on any atom is 0.244 e. The molecule has 1 aliphatic rings. The van der Waals surface area contributed by atoms with Crippen LogP contribution < -0.4 is 0 Å². The second-order valence-corrected chi connectivity index (χ2v) is 7.50. The van der Waals surface area contributed by atoms with E-state index in [1.165, 1.54) is 10.5 Å². The van der Waals surface area contributed by atoms with Crippen LogP contribution >= 0.6 is 0 Å². The molecule has 0 saturated heterocycles. The predicted octanol–water partition coefficient (Wildman–Crippen LogP) is 1.18. The first-order valence-electron chi connectivity index (χ1n) is 7.29. The van der Waals surface area contributed by atoms with Crippen molar-refractivity contribution in [3.05, 3.63) is 53.7 Å². The monoisotopic (exact) mass is 329 g/mol. The largest absolute Gasteiger partial charge is 0.263 e. The highest BCUT2D eigenvalue weighted by atomic mass is 32.2. The zero-order valence-corrected chi connectivity index (χ0v) is 13.4. The van der Waals surface area contributed by atoms with E-state index in [0.717, 1.165) is 22.6 Å². The van der Waals surface area contributed by atoms with Gasteiger partial charge in [0, 0.05) is 49.7 Å². The van der Waals surface area contributed by atoms with Crippen LogP contribution in [0.1, 0.15) is 17.0 Å². The summed E-state index contributed by atoms with van der Waals surface area (Å²) in [5.41, 5.74) is 3.61. The molecule has 23 heavy (non-hydrogen) atoms. The summed E-state index contributed by atoms with van der Waals surface area (Å²) in [6.07, 6.45) is 5.29. The highest BCUT2D eigenvalue weighted by Gasteiger charge is 2.29. The number of nitrogens with zero attached hydrogens (tertiary/aromatic N) is 5. The molecule has 7 nitrogen and oxygen atoms in total. The van der Waals surface area contributed by atoms with Crippen molar-refractivity contribution in [2.75, 3.05) is 6.54 Å². The molecule has 0 amide bonds. The lowest BCUT2D eigenvalue weighted by Gasteiger charge is -2.27. The third-order valence-electron chi connectivity index (χ3n) is 4.01. The molecule has 0 aromatic carbocycles. The molecule has 3 aromatic heterocycles. The summed E-state index contributed by atoms with van der Waals surface area (Å²) in [6, 6.07) is 5.11. The van der Waals surface area contributed by atoms with E-state index in [2.05, 4.69) is 15.1 Å². The van der Waals surface area contributed by atoms with Crippen molar-refractivity contribution in [2.45, 2.75) is 24.8 Å². The van der Waals surface area contributed by atoms with Gasteiger partial charge in [0.1, 0.15) is 4.90 Å². The van der Waals surface area contributed by atoms with Crippen LogP contribution in [0.3, 0.4) is 0 Å². The average Bonchev–Trinajstić information content (AvgIpc) is 2.96. The minimum absolute atomic E-state index is 0.215. The summed E-state index contributed by atoms with van der Waals surface area (Å²) in [5.74, 6) is 0. The lowest BCUT2D eigenvalue weighted by molar-refractivity contribution is 0.384. The molecule has 4 rings (SSSR count). The maximum absolute atomic E-state index is 12.7. The Bertz CT molecular complexity index is 982. The molecular weight excluding hydrogens is 314 g/mol. The molecule has 0 bridgehead atoms. The first-order chi connectivity index (χ1) is 11.1. The van der Waals surface area contributed by atoms with Crippen molar-refractivity contribution in [3.8, 4) is 0 Å². The third kappa shape index (κ3) is 2.30. The smallest absolute Gasteiger partial charge is 0.244 e. The minimum Gasteiger partial charge on any atom is -0.263 e. The van der Waals surface area contributed by atoms with Crippen molar-refractivity contribution in [3.63, 3.8) is 0 Å². The third-order valence-corrected chi connectivity index (χ3v) is 5.84. The molecule has 4 heterocycles. The van der Waals surface area contributed by atoms with Crippen molar-refractivity contribution >= 4 is 15.7 Å². The first kappa shape index (κ1) is 14.3. The molecule has 0 radical (unpaired) electrons. The van der Waals surface area contributed by atoms with Gasteiger partial charge < -0.3 is 0 Å². The number of aromatic nitrogens is 4. The Morgan fingerprint density at radius 3 is 2.91 bits per heavy atom. The van der Waals surface area contributed by atoms with Gasteiger partial charge in [-0.3, -0.25) is 4.98 Å². The number of fused-ring (bicyclic) bond motifs is 3. The Kier molecular flexibility index (Phi) is 3.17. The van der Waals surface area contributed by atoms with Crippen molar-refractivity contribution in [2.24, 2.45) is 0 Å². The molecule has 3 aromatic rings. The summed E-state index contributed by atoms with van der Waals surface area (Å²) in [6.45, 7) is 2.64. The van der Waals surface area contributed by atoms with Crippen LogP contribution in [-0.4, -0.2) is 38.8 Å². The van der Waals surface area contributed by atoms with Crippen LogP contribution in [0.25, 0.3) is 5.65 Å². The van der Waals surface area contributed by atoms with E-state index in [-0.39, 0.29) is 4.90 Å². The second kappa shape index (κ2) is 5.10. The van der Waals surface area contributed by atoms with Crippen LogP contribution in [0.4, 0.5) is 0 Å². The fourth-order valence-electron chi connectivity index (χ4n) is 2.88. The average molecular weight is 329 g/mol. The standard InChI is InChI=1S/C15H15N5O2S/c1-11-7-15-17-8-12-10-19(6-4-14(12)20(15)18-11)23(21,22)13-3-2-5-16-9-13/h2-3,5,7-9H,4,6,10H2,1H3. The number of rotatable bonds is 2. The SMILES string of the molecule is Cc1cc2ncc3c(n2n1)CCN(S(=O)(=O)c1cccnc1)C3.